The van der Waals surface area contributed by atoms with Gasteiger partial charge in [-0.1, -0.05) is 29.3 Å². The van der Waals surface area contributed by atoms with Gasteiger partial charge in [0.2, 0.25) is 0 Å². The van der Waals surface area contributed by atoms with Gasteiger partial charge in [-0.2, -0.15) is 0 Å². The van der Waals surface area contributed by atoms with Gasteiger partial charge in [0, 0.05) is 10.7 Å². The molecule has 0 aliphatic rings. The molecule has 3 N–H and O–H groups in total. The van der Waals surface area contributed by atoms with Crippen LogP contribution in [0.3, 0.4) is 0 Å². The highest BCUT2D eigenvalue weighted by atomic mass is 35.5. The lowest BCUT2D eigenvalue weighted by Gasteiger charge is -2.12. The first-order chi connectivity index (χ1) is 11.9. The molecule has 0 radical (unpaired) electrons. The van der Waals surface area contributed by atoms with Crippen molar-refractivity contribution >= 4 is 29.1 Å². The minimum Gasteiger partial charge on any atom is -0.496 e. The molecular weight excluding hydrogens is 342 g/mol. The van der Waals surface area contributed by atoms with Crippen LogP contribution >= 0.6 is 11.6 Å². The van der Waals surface area contributed by atoms with E-state index >= 15 is 0 Å². The first-order valence-electron chi connectivity index (χ1n) is 7.64. The third-order valence-corrected chi connectivity index (χ3v) is 3.78. The van der Waals surface area contributed by atoms with Crippen molar-refractivity contribution < 1.29 is 14.3 Å². The predicted molar refractivity (Wildman–Crippen MR) is 98.0 cm³/mol. The van der Waals surface area contributed by atoms with E-state index in [1.165, 1.54) is 13.2 Å². The summed E-state index contributed by atoms with van der Waals surface area (Å²) in [5.74, 6) is -0.530. The zero-order valence-electron chi connectivity index (χ0n) is 14.3. The van der Waals surface area contributed by atoms with Crippen molar-refractivity contribution in [1.29, 1.82) is 0 Å². The van der Waals surface area contributed by atoms with Crippen LogP contribution in [0.15, 0.2) is 36.4 Å². The van der Waals surface area contributed by atoms with Crippen molar-refractivity contribution in [3.05, 3.63) is 58.1 Å². The first kappa shape index (κ1) is 18.6. The highest BCUT2D eigenvalue weighted by Gasteiger charge is 2.13. The van der Waals surface area contributed by atoms with E-state index in [-0.39, 0.29) is 18.0 Å². The summed E-state index contributed by atoms with van der Waals surface area (Å²) >= 11 is 5.89. The number of carbonyl (C=O) groups is 2. The molecule has 0 saturated carbocycles. The zero-order valence-corrected chi connectivity index (χ0v) is 15.0. The number of hydrazine groups is 1. The van der Waals surface area contributed by atoms with Gasteiger partial charge in [0.25, 0.3) is 11.8 Å². The van der Waals surface area contributed by atoms with E-state index in [9.17, 15) is 9.59 Å². The predicted octanol–water partition coefficient (Wildman–Crippen LogP) is 2.84. The zero-order chi connectivity index (χ0) is 18.4. The topological polar surface area (TPSA) is 79.5 Å². The highest BCUT2D eigenvalue weighted by molar-refractivity contribution is 6.31. The number of rotatable bonds is 5. The second kappa shape index (κ2) is 8.39. The van der Waals surface area contributed by atoms with E-state index < -0.39 is 5.91 Å². The van der Waals surface area contributed by atoms with Gasteiger partial charge in [0.1, 0.15) is 5.75 Å². The van der Waals surface area contributed by atoms with Crippen molar-refractivity contribution in [2.45, 2.75) is 13.8 Å². The molecule has 0 fully saturated rings. The Morgan fingerprint density at radius 3 is 2.52 bits per heavy atom. The fraction of sp³-hybridized carbons (Fsp3) is 0.222. The first-order valence-corrected chi connectivity index (χ1v) is 8.02. The summed E-state index contributed by atoms with van der Waals surface area (Å²) in [6.45, 7) is 3.99. The minimum atomic E-state index is -0.515. The number of carbonyl (C=O) groups excluding carboxylic acids is 2. The van der Waals surface area contributed by atoms with Crippen LogP contribution in [-0.4, -0.2) is 25.5 Å². The van der Waals surface area contributed by atoms with Crippen LogP contribution in [-0.2, 0) is 4.79 Å². The number of ether oxygens (including phenoxy) is 1. The largest absolute Gasteiger partial charge is 0.496 e. The summed E-state index contributed by atoms with van der Waals surface area (Å²) in [6.07, 6.45) is 0. The fourth-order valence-electron chi connectivity index (χ4n) is 2.28. The van der Waals surface area contributed by atoms with Crippen molar-refractivity contribution in [2.75, 3.05) is 19.0 Å². The summed E-state index contributed by atoms with van der Waals surface area (Å²) in [6, 6.07) is 10.6. The molecule has 0 bridgehead atoms. The Labute approximate surface area is 151 Å². The van der Waals surface area contributed by atoms with Crippen LogP contribution in [0.25, 0.3) is 0 Å². The number of hydrogen-bond donors (Lipinski definition) is 3. The molecule has 2 amide bonds. The molecular formula is C18H20ClN3O3. The number of hydrogen-bond acceptors (Lipinski definition) is 4. The molecule has 0 aliphatic heterocycles. The number of aryl methyl sites for hydroxylation is 2. The average Bonchev–Trinajstić information content (AvgIpc) is 2.58. The molecule has 2 aromatic rings. The van der Waals surface area contributed by atoms with Crippen LogP contribution in [0.2, 0.25) is 5.02 Å². The van der Waals surface area contributed by atoms with Crippen molar-refractivity contribution in [3.63, 3.8) is 0 Å². The molecule has 132 valence electrons. The Kier molecular flexibility index (Phi) is 6.25. The maximum Gasteiger partial charge on any atom is 0.273 e. The summed E-state index contributed by atoms with van der Waals surface area (Å²) in [5, 5.41) is 3.42. The number of nitrogens with one attached hydrogen (secondary N) is 3. The molecule has 0 spiro atoms. The van der Waals surface area contributed by atoms with Gasteiger partial charge < -0.3 is 10.1 Å². The lowest BCUT2D eigenvalue weighted by atomic mass is 10.1. The lowest BCUT2D eigenvalue weighted by molar-refractivity contribution is -0.120. The van der Waals surface area contributed by atoms with Crippen LogP contribution in [0.1, 0.15) is 21.5 Å². The third kappa shape index (κ3) is 5.12. The van der Waals surface area contributed by atoms with Crippen LogP contribution in [0.4, 0.5) is 5.69 Å². The van der Waals surface area contributed by atoms with Crippen LogP contribution < -0.4 is 20.9 Å². The molecule has 2 aromatic carbocycles. The van der Waals surface area contributed by atoms with E-state index in [1.807, 2.05) is 32.0 Å². The Morgan fingerprint density at radius 2 is 1.84 bits per heavy atom. The molecule has 0 heterocycles. The van der Waals surface area contributed by atoms with Gasteiger partial charge in [-0.15, -0.1) is 0 Å². The maximum atomic E-state index is 12.2. The number of anilines is 1. The molecule has 25 heavy (non-hydrogen) atoms. The second-order valence-corrected chi connectivity index (χ2v) is 5.96. The van der Waals surface area contributed by atoms with Crippen molar-refractivity contribution in [2.24, 2.45) is 0 Å². The fourth-order valence-corrected chi connectivity index (χ4v) is 2.46. The molecule has 6 nitrogen and oxygen atoms in total. The van der Waals surface area contributed by atoms with Gasteiger partial charge in [0.05, 0.1) is 19.2 Å². The molecule has 0 atom stereocenters. The molecule has 0 unspecified atom stereocenters. The van der Waals surface area contributed by atoms with Gasteiger partial charge >= 0.3 is 0 Å². The normalized spacial score (nSPS) is 10.1. The number of methoxy groups -OCH3 is 1. The van der Waals surface area contributed by atoms with Gasteiger partial charge in [0.15, 0.2) is 0 Å². The van der Waals surface area contributed by atoms with E-state index in [0.717, 1.165) is 16.8 Å². The van der Waals surface area contributed by atoms with E-state index in [0.29, 0.717) is 10.8 Å². The summed E-state index contributed by atoms with van der Waals surface area (Å²) in [7, 11) is 1.45. The van der Waals surface area contributed by atoms with Crippen LogP contribution in [0, 0.1) is 13.8 Å². The number of benzene rings is 2. The summed E-state index contributed by atoms with van der Waals surface area (Å²) < 4.78 is 5.11. The van der Waals surface area contributed by atoms with E-state index in [2.05, 4.69) is 16.2 Å². The maximum absolute atomic E-state index is 12.2. The number of amides is 2. The van der Waals surface area contributed by atoms with Crippen molar-refractivity contribution in [1.82, 2.24) is 10.9 Å². The molecule has 0 aliphatic carbocycles. The van der Waals surface area contributed by atoms with Crippen LogP contribution in [0.5, 0.6) is 5.75 Å². The SMILES string of the molecule is COc1ccc(Cl)cc1C(=O)NNC(=O)CNc1ccc(C)cc1C. The van der Waals surface area contributed by atoms with Gasteiger partial charge in [-0.25, -0.2) is 0 Å². The summed E-state index contributed by atoms with van der Waals surface area (Å²) in [4.78, 5) is 24.1. The summed E-state index contributed by atoms with van der Waals surface area (Å²) in [5.41, 5.74) is 7.99. The molecule has 7 heteroatoms. The second-order valence-electron chi connectivity index (χ2n) is 5.52. The van der Waals surface area contributed by atoms with E-state index in [1.54, 1.807) is 12.1 Å². The Hall–Kier alpha value is -2.73. The van der Waals surface area contributed by atoms with Crippen molar-refractivity contribution in [3.8, 4) is 5.75 Å². The Bertz CT molecular complexity index is 793. The Balaban J connectivity index is 1.89. The molecule has 0 aromatic heterocycles. The lowest BCUT2D eigenvalue weighted by Crippen LogP contribution is -2.44. The average molecular weight is 362 g/mol. The minimum absolute atomic E-state index is 0.0247. The molecule has 0 saturated heterocycles. The monoisotopic (exact) mass is 361 g/mol. The highest BCUT2D eigenvalue weighted by Crippen LogP contribution is 2.22. The Morgan fingerprint density at radius 1 is 1.08 bits per heavy atom. The smallest absolute Gasteiger partial charge is 0.273 e. The third-order valence-electron chi connectivity index (χ3n) is 3.54. The van der Waals surface area contributed by atoms with Gasteiger partial charge in [-0.05, 0) is 43.7 Å². The standard InChI is InChI=1S/C18H20ClN3O3/c1-11-4-6-15(12(2)8-11)20-10-17(23)21-22-18(24)14-9-13(19)5-7-16(14)25-3/h4-9,20H,10H2,1-3H3,(H,21,23)(H,22,24). The quantitative estimate of drug-likeness (QED) is 0.715. The molecule has 2 rings (SSSR count). The van der Waals surface area contributed by atoms with Gasteiger partial charge in [-0.3, -0.25) is 20.4 Å². The van der Waals surface area contributed by atoms with E-state index in [4.69, 9.17) is 16.3 Å². The number of halogens is 1.